The van der Waals surface area contributed by atoms with Crippen LogP contribution in [0.2, 0.25) is 0 Å². The number of carbonyl (C=O) groups is 1. The molecular weight excluding hydrogens is 266 g/mol. The van der Waals surface area contributed by atoms with Crippen LogP contribution >= 0.6 is 0 Å². The van der Waals surface area contributed by atoms with Crippen molar-refractivity contribution in [2.45, 2.75) is 32.2 Å². The molecule has 4 nitrogen and oxygen atoms in total. The first-order chi connectivity index (χ1) is 10.0. The molecule has 0 amide bonds. The van der Waals surface area contributed by atoms with Crippen molar-refractivity contribution in [2.75, 3.05) is 26.3 Å². The summed E-state index contributed by atoms with van der Waals surface area (Å²) in [6.07, 6.45) is 0.971. The molecule has 1 aliphatic rings. The topological polar surface area (TPSA) is 49.8 Å². The molecule has 116 valence electrons. The molecule has 1 aliphatic heterocycles. The van der Waals surface area contributed by atoms with Gasteiger partial charge in [0.1, 0.15) is 0 Å². The van der Waals surface area contributed by atoms with Gasteiger partial charge in [-0.05, 0) is 17.9 Å². The predicted molar refractivity (Wildman–Crippen MR) is 82.2 cm³/mol. The third kappa shape index (κ3) is 3.83. The summed E-state index contributed by atoms with van der Waals surface area (Å²) in [6.45, 7) is 7.22. The Hall–Kier alpha value is -1.39. The Morgan fingerprint density at radius 2 is 1.90 bits per heavy atom. The minimum atomic E-state index is -0.744. The lowest BCUT2D eigenvalue weighted by Gasteiger charge is -2.46. The van der Waals surface area contributed by atoms with E-state index in [1.807, 2.05) is 18.2 Å². The molecular formula is C17H25NO3. The quantitative estimate of drug-likeness (QED) is 0.875. The molecule has 4 heteroatoms. The van der Waals surface area contributed by atoms with E-state index in [9.17, 15) is 9.90 Å². The number of carboxylic acid groups (broad SMARTS) is 1. The number of benzene rings is 1. The van der Waals surface area contributed by atoms with E-state index in [-0.39, 0.29) is 6.42 Å². The molecule has 0 aromatic heterocycles. The predicted octanol–water partition coefficient (Wildman–Crippen LogP) is 2.73. The molecule has 1 N–H and O–H groups in total. The average Bonchev–Trinajstić information content (AvgIpc) is 2.47. The monoisotopic (exact) mass is 291 g/mol. The Morgan fingerprint density at radius 3 is 2.43 bits per heavy atom. The fourth-order valence-electron chi connectivity index (χ4n) is 3.38. The molecule has 0 radical (unpaired) electrons. The molecule has 21 heavy (non-hydrogen) atoms. The van der Waals surface area contributed by atoms with Gasteiger partial charge < -0.3 is 9.84 Å². The summed E-state index contributed by atoms with van der Waals surface area (Å²) in [4.78, 5) is 13.9. The van der Waals surface area contributed by atoms with Crippen molar-refractivity contribution in [3.63, 3.8) is 0 Å². The Labute approximate surface area is 126 Å². The van der Waals surface area contributed by atoms with E-state index < -0.39 is 11.5 Å². The molecule has 0 bridgehead atoms. The van der Waals surface area contributed by atoms with Gasteiger partial charge in [-0.2, -0.15) is 0 Å². The molecule has 0 saturated carbocycles. The highest BCUT2D eigenvalue weighted by Gasteiger charge is 2.41. The fourth-order valence-corrected chi connectivity index (χ4v) is 3.38. The number of carboxylic acids is 1. The molecule has 1 aromatic carbocycles. The smallest absolute Gasteiger partial charge is 0.305 e. The van der Waals surface area contributed by atoms with Gasteiger partial charge in [-0.3, -0.25) is 9.69 Å². The van der Waals surface area contributed by atoms with Crippen molar-refractivity contribution in [3.8, 4) is 0 Å². The Kier molecular flexibility index (Phi) is 5.37. The van der Waals surface area contributed by atoms with Crippen molar-refractivity contribution in [1.29, 1.82) is 0 Å². The maximum Gasteiger partial charge on any atom is 0.305 e. The van der Waals surface area contributed by atoms with Gasteiger partial charge in [0.2, 0.25) is 0 Å². The zero-order valence-corrected chi connectivity index (χ0v) is 12.9. The van der Waals surface area contributed by atoms with Crippen LogP contribution in [0.15, 0.2) is 30.3 Å². The maximum atomic E-state index is 11.6. The van der Waals surface area contributed by atoms with E-state index in [1.54, 1.807) is 0 Å². The van der Waals surface area contributed by atoms with Crippen LogP contribution in [0.3, 0.4) is 0 Å². The third-order valence-electron chi connectivity index (χ3n) is 4.12. The zero-order chi connectivity index (χ0) is 15.3. The van der Waals surface area contributed by atoms with Gasteiger partial charge in [0, 0.05) is 13.1 Å². The second kappa shape index (κ2) is 7.05. The van der Waals surface area contributed by atoms with Crippen LogP contribution in [0.1, 0.15) is 32.3 Å². The first kappa shape index (κ1) is 16.0. The first-order valence-electron chi connectivity index (χ1n) is 7.65. The van der Waals surface area contributed by atoms with Gasteiger partial charge in [-0.15, -0.1) is 0 Å². The van der Waals surface area contributed by atoms with Gasteiger partial charge in [0.05, 0.1) is 25.2 Å². The lowest BCUT2D eigenvalue weighted by atomic mass is 9.78. The average molecular weight is 291 g/mol. The molecule has 1 aromatic rings. The van der Waals surface area contributed by atoms with E-state index >= 15 is 0 Å². The summed E-state index contributed by atoms with van der Waals surface area (Å²) in [6, 6.07) is 10.1. The molecule has 1 atom stereocenters. The fraction of sp³-hybridized carbons (Fsp3) is 0.588. The van der Waals surface area contributed by atoms with Crippen LogP contribution in [0.25, 0.3) is 0 Å². The summed E-state index contributed by atoms with van der Waals surface area (Å²) in [5.74, 6) is -0.321. The first-order valence-corrected chi connectivity index (χ1v) is 7.65. The maximum absolute atomic E-state index is 11.6. The molecule has 0 spiro atoms. The number of nitrogens with zero attached hydrogens (tertiary/aromatic N) is 1. The van der Waals surface area contributed by atoms with Crippen LogP contribution in [0.5, 0.6) is 0 Å². The second-order valence-corrected chi connectivity index (χ2v) is 6.17. The minimum Gasteiger partial charge on any atom is -0.481 e. The summed E-state index contributed by atoms with van der Waals surface area (Å²) in [5.41, 5.74) is 0.661. The van der Waals surface area contributed by atoms with Gasteiger partial charge in [0.15, 0.2) is 0 Å². The highest BCUT2D eigenvalue weighted by Crippen LogP contribution is 2.38. The summed E-state index contributed by atoms with van der Waals surface area (Å²) in [5, 5.41) is 9.50. The summed E-state index contributed by atoms with van der Waals surface area (Å²) < 4.78 is 5.45. The molecule has 1 fully saturated rings. The number of ether oxygens (including phenoxy) is 1. The van der Waals surface area contributed by atoms with E-state index in [0.29, 0.717) is 19.1 Å². The van der Waals surface area contributed by atoms with Crippen LogP contribution in [-0.4, -0.2) is 42.3 Å². The lowest BCUT2D eigenvalue weighted by Crippen LogP contribution is -2.53. The number of aliphatic carboxylic acids is 1. The van der Waals surface area contributed by atoms with Gasteiger partial charge in [-0.25, -0.2) is 0 Å². The minimum absolute atomic E-state index is 0.134. The van der Waals surface area contributed by atoms with E-state index in [0.717, 1.165) is 25.1 Å². The summed E-state index contributed by atoms with van der Waals surface area (Å²) in [7, 11) is 0. The molecule has 2 rings (SSSR count). The van der Waals surface area contributed by atoms with E-state index in [2.05, 4.69) is 30.9 Å². The molecule has 1 heterocycles. The van der Waals surface area contributed by atoms with Crippen LogP contribution in [0.4, 0.5) is 0 Å². The Balaban J connectivity index is 2.43. The Morgan fingerprint density at radius 1 is 1.29 bits per heavy atom. The molecule has 1 unspecified atom stereocenters. The lowest BCUT2D eigenvalue weighted by molar-refractivity contribution is -0.142. The largest absolute Gasteiger partial charge is 0.481 e. The van der Waals surface area contributed by atoms with Crippen LogP contribution in [0, 0.1) is 5.92 Å². The summed E-state index contributed by atoms with van der Waals surface area (Å²) >= 11 is 0. The van der Waals surface area contributed by atoms with Crippen molar-refractivity contribution in [2.24, 2.45) is 5.92 Å². The SMILES string of the molecule is CC(C)CC(CC(=O)O)(c1ccccc1)N1CCOCC1. The van der Waals surface area contributed by atoms with E-state index in [1.165, 1.54) is 0 Å². The standard InChI is InChI=1S/C17H25NO3/c1-14(2)12-17(13-16(19)20,15-6-4-3-5-7-15)18-8-10-21-11-9-18/h3-7,14H,8-13H2,1-2H3,(H,19,20). The van der Waals surface area contributed by atoms with Gasteiger partial charge >= 0.3 is 5.97 Å². The zero-order valence-electron chi connectivity index (χ0n) is 12.9. The number of hydrogen-bond donors (Lipinski definition) is 1. The van der Waals surface area contributed by atoms with Gasteiger partial charge in [-0.1, -0.05) is 44.2 Å². The van der Waals surface area contributed by atoms with Crippen molar-refractivity contribution >= 4 is 5.97 Å². The highest BCUT2D eigenvalue weighted by molar-refractivity contribution is 5.69. The second-order valence-electron chi connectivity index (χ2n) is 6.17. The van der Waals surface area contributed by atoms with Crippen molar-refractivity contribution in [1.82, 2.24) is 4.90 Å². The highest BCUT2D eigenvalue weighted by atomic mass is 16.5. The molecule has 0 aliphatic carbocycles. The normalized spacial score (nSPS) is 19.4. The van der Waals surface area contributed by atoms with Gasteiger partial charge in [0.25, 0.3) is 0 Å². The van der Waals surface area contributed by atoms with Crippen LogP contribution < -0.4 is 0 Å². The number of rotatable bonds is 6. The van der Waals surface area contributed by atoms with Crippen molar-refractivity contribution < 1.29 is 14.6 Å². The Bertz CT molecular complexity index is 454. The number of morpholine rings is 1. The number of hydrogen-bond acceptors (Lipinski definition) is 3. The third-order valence-corrected chi connectivity index (χ3v) is 4.12. The van der Waals surface area contributed by atoms with Crippen LogP contribution in [-0.2, 0) is 15.1 Å². The van der Waals surface area contributed by atoms with Crippen molar-refractivity contribution in [3.05, 3.63) is 35.9 Å². The molecule has 1 saturated heterocycles. The van der Waals surface area contributed by atoms with E-state index in [4.69, 9.17) is 4.74 Å².